The lowest BCUT2D eigenvalue weighted by atomic mass is 10.0. The first kappa shape index (κ1) is 42.5. The lowest BCUT2D eigenvalue weighted by Gasteiger charge is -2.34. The molecular weight excluding hydrogens is 868 g/mol. The Bertz CT molecular complexity index is 3670. The number of aromatic nitrogens is 1. The van der Waals surface area contributed by atoms with E-state index in [0.717, 1.165) is 44.6 Å². The minimum Gasteiger partial charge on any atom is -0.311 e. The summed E-state index contributed by atoms with van der Waals surface area (Å²) in [6, 6.07) is 101. The SMILES string of the molecule is Fc1ccc([Si](c2ccccc2)(c2ccccc2)c2ccc(-c3ccc(N(c4ccc(-c5ccccc5)cc4)c4ccc(-c5ccc6c(c5)c5ccccc5n6-c5ccccc5)cc4)cc3)cc2)cc1. The van der Waals surface area contributed by atoms with Crippen LogP contribution in [0.15, 0.2) is 285 Å². The van der Waals surface area contributed by atoms with E-state index in [-0.39, 0.29) is 5.82 Å². The van der Waals surface area contributed by atoms with Crippen LogP contribution in [0.5, 0.6) is 0 Å². The Morgan fingerprint density at radius 3 is 1.16 bits per heavy atom. The first-order valence-corrected chi connectivity index (χ1v) is 25.8. The van der Waals surface area contributed by atoms with Gasteiger partial charge in [-0.15, -0.1) is 0 Å². The Balaban J connectivity index is 0.902. The maximum Gasteiger partial charge on any atom is 0.179 e. The number of fused-ring (bicyclic) bond motifs is 3. The van der Waals surface area contributed by atoms with Gasteiger partial charge in [0.25, 0.3) is 0 Å². The van der Waals surface area contributed by atoms with Crippen LogP contribution in [0.4, 0.5) is 21.5 Å². The minimum absolute atomic E-state index is 0.232. The molecule has 12 aromatic rings. The van der Waals surface area contributed by atoms with Crippen LogP contribution in [0.3, 0.4) is 0 Å². The van der Waals surface area contributed by atoms with E-state index in [9.17, 15) is 4.39 Å². The number of hydrogen-bond acceptors (Lipinski definition) is 1. The molecule has 332 valence electrons. The van der Waals surface area contributed by atoms with E-state index in [1.54, 1.807) is 12.1 Å². The van der Waals surface area contributed by atoms with Gasteiger partial charge >= 0.3 is 0 Å². The zero-order valence-electron chi connectivity index (χ0n) is 38.4. The molecule has 0 spiro atoms. The summed E-state index contributed by atoms with van der Waals surface area (Å²) >= 11 is 0. The molecule has 0 radical (unpaired) electrons. The number of halogens is 1. The molecule has 0 aliphatic heterocycles. The van der Waals surface area contributed by atoms with Gasteiger partial charge in [0.15, 0.2) is 8.07 Å². The standard InChI is InChI=1S/C66H47FN2Si/c67-54-34-44-62(45-35-54)70(59-19-9-3-10-20-59,60-21-11-4-12-22-60)61-42-31-51(32-43-61)50-27-38-57(39-28-50)68(56-36-25-49(26-37-56)48-15-5-1-6-16-48)58-40-29-52(30-41-58)53-33-46-66-64(47-53)63-23-13-14-24-65(63)69(66)55-17-7-2-8-18-55/h1-47H. The van der Waals surface area contributed by atoms with E-state index in [1.807, 2.05) is 12.1 Å². The van der Waals surface area contributed by atoms with Gasteiger partial charge < -0.3 is 9.47 Å². The van der Waals surface area contributed by atoms with Crippen molar-refractivity contribution in [1.82, 2.24) is 4.57 Å². The highest BCUT2D eigenvalue weighted by Crippen LogP contribution is 2.39. The Morgan fingerprint density at radius 1 is 0.286 bits per heavy atom. The third-order valence-corrected chi connectivity index (χ3v) is 18.6. The summed E-state index contributed by atoms with van der Waals surface area (Å²) in [5.74, 6) is -0.232. The van der Waals surface area contributed by atoms with Gasteiger partial charge in [0.05, 0.1) is 11.0 Å². The second-order valence-corrected chi connectivity index (χ2v) is 21.6. The minimum atomic E-state index is -2.81. The maximum absolute atomic E-state index is 14.5. The lowest BCUT2D eigenvalue weighted by Crippen LogP contribution is -2.74. The zero-order chi connectivity index (χ0) is 46.9. The number of hydrogen-bond donors (Lipinski definition) is 0. The predicted octanol–water partition coefficient (Wildman–Crippen LogP) is 14.8. The number of benzene rings is 11. The Hall–Kier alpha value is -8.83. The van der Waals surface area contributed by atoms with E-state index in [1.165, 1.54) is 54.1 Å². The Morgan fingerprint density at radius 2 is 0.643 bits per heavy atom. The molecule has 0 unspecified atom stereocenters. The number of anilines is 3. The smallest absolute Gasteiger partial charge is 0.179 e. The van der Waals surface area contributed by atoms with Gasteiger partial charge in [0, 0.05) is 33.5 Å². The molecule has 0 saturated heterocycles. The van der Waals surface area contributed by atoms with Gasteiger partial charge in [-0.1, -0.05) is 206 Å². The average molecular weight is 915 g/mol. The maximum atomic E-state index is 14.5. The number of para-hydroxylation sites is 2. The fourth-order valence-corrected chi connectivity index (χ4v) is 15.2. The van der Waals surface area contributed by atoms with Crippen molar-refractivity contribution in [3.05, 3.63) is 291 Å². The average Bonchev–Trinajstić information content (AvgIpc) is 3.77. The van der Waals surface area contributed by atoms with E-state index < -0.39 is 8.07 Å². The summed E-state index contributed by atoms with van der Waals surface area (Å²) in [5.41, 5.74) is 13.7. The molecule has 0 amide bonds. The molecule has 0 aliphatic rings. The molecular formula is C66H47FN2Si. The highest BCUT2D eigenvalue weighted by Gasteiger charge is 2.41. The summed E-state index contributed by atoms with van der Waals surface area (Å²) in [7, 11) is -2.81. The van der Waals surface area contributed by atoms with Crippen LogP contribution in [0.2, 0.25) is 0 Å². The van der Waals surface area contributed by atoms with Crippen LogP contribution >= 0.6 is 0 Å². The van der Waals surface area contributed by atoms with E-state index in [4.69, 9.17) is 0 Å². The lowest BCUT2D eigenvalue weighted by molar-refractivity contribution is 0.628. The summed E-state index contributed by atoms with van der Waals surface area (Å²) in [6.07, 6.45) is 0. The van der Waals surface area contributed by atoms with Gasteiger partial charge in [-0.2, -0.15) is 0 Å². The summed E-state index contributed by atoms with van der Waals surface area (Å²) < 4.78 is 16.9. The highest BCUT2D eigenvalue weighted by atomic mass is 28.3. The third kappa shape index (κ3) is 7.71. The van der Waals surface area contributed by atoms with Crippen LogP contribution in [0.25, 0.3) is 60.9 Å². The van der Waals surface area contributed by atoms with Crippen LogP contribution in [0.1, 0.15) is 0 Å². The van der Waals surface area contributed by atoms with Crippen molar-refractivity contribution in [2.24, 2.45) is 0 Å². The van der Waals surface area contributed by atoms with Crippen molar-refractivity contribution >= 4 is 67.7 Å². The normalized spacial score (nSPS) is 11.5. The first-order valence-electron chi connectivity index (χ1n) is 23.8. The van der Waals surface area contributed by atoms with Gasteiger partial charge in [-0.05, 0) is 133 Å². The molecule has 0 bridgehead atoms. The molecule has 0 aliphatic carbocycles. The monoisotopic (exact) mass is 914 g/mol. The summed E-state index contributed by atoms with van der Waals surface area (Å²) in [5, 5.41) is 7.36. The number of rotatable bonds is 11. The molecule has 11 aromatic carbocycles. The topological polar surface area (TPSA) is 8.17 Å². The molecule has 2 nitrogen and oxygen atoms in total. The van der Waals surface area contributed by atoms with Crippen LogP contribution in [-0.4, -0.2) is 12.6 Å². The van der Waals surface area contributed by atoms with Gasteiger partial charge in [-0.3, -0.25) is 0 Å². The van der Waals surface area contributed by atoms with Crippen molar-refractivity contribution in [2.75, 3.05) is 4.90 Å². The summed E-state index contributed by atoms with van der Waals surface area (Å²) in [6.45, 7) is 0. The molecule has 4 heteroatoms. The van der Waals surface area contributed by atoms with Crippen molar-refractivity contribution < 1.29 is 4.39 Å². The van der Waals surface area contributed by atoms with E-state index >= 15 is 0 Å². The fourth-order valence-electron chi connectivity index (χ4n) is 10.5. The third-order valence-electron chi connectivity index (χ3n) is 13.8. The fraction of sp³-hybridized carbons (Fsp3) is 0. The first-order chi connectivity index (χ1) is 34.6. The second kappa shape index (κ2) is 18.3. The van der Waals surface area contributed by atoms with E-state index in [2.05, 4.69) is 270 Å². The largest absolute Gasteiger partial charge is 0.311 e. The molecule has 0 atom stereocenters. The van der Waals surface area contributed by atoms with Crippen LogP contribution in [-0.2, 0) is 0 Å². The molecule has 0 saturated carbocycles. The van der Waals surface area contributed by atoms with E-state index in [0.29, 0.717) is 0 Å². The van der Waals surface area contributed by atoms with Crippen molar-refractivity contribution in [3.63, 3.8) is 0 Å². The Kier molecular flexibility index (Phi) is 11.1. The molecule has 1 heterocycles. The Labute approximate surface area is 409 Å². The highest BCUT2D eigenvalue weighted by molar-refractivity contribution is 7.19. The predicted molar refractivity (Wildman–Crippen MR) is 295 cm³/mol. The van der Waals surface area contributed by atoms with Crippen molar-refractivity contribution in [1.29, 1.82) is 0 Å². The van der Waals surface area contributed by atoms with Crippen LogP contribution in [0, 0.1) is 5.82 Å². The van der Waals surface area contributed by atoms with Crippen LogP contribution < -0.4 is 25.6 Å². The molecule has 12 rings (SSSR count). The molecule has 0 fully saturated rings. The van der Waals surface area contributed by atoms with Gasteiger partial charge in [-0.25, -0.2) is 4.39 Å². The molecule has 0 N–H and O–H groups in total. The second-order valence-electron chi connectivity index (χ2n) is 17.8. The van der Waals surface area contributed by atoms with Crippen molar-refractivity contribution in [2.45, 2.75) is 0 Å². The van der Waals surface area contributed by atoms with Gasteiger partial charge in [0.1, 0.15) is 5.82 Å². The van der Waals surface area contributed by atoms with Gasteiger partial charge in [0.2, 0.25) is 0 Å². The zero-order valence-corrected chi connectivity index (χ0v) is 39.4. The molecule has 70 heavy (non-hydrogen) atoms. The quantitative estimate of drug-likeness (QED) is 0.0927. The van der Waals surface area contributed by atoms with Crippen molar-refractivity contribution in [3.8, 4) is 39.1 Å². The summed E-state index contributed by atoms with van der Waals surface area (Å²) in [4.78, 5) is 2.34. The molecule has 1 aromatic heterocycles. The number of nitrogens with zero attached hydrogens (tertiary/aromatic N) is 2.